The van der Waals surface area contributed by atoms with E-state index in [9.17, 15) is 24.3 Å². The molecule has 2 aliphatic heterocycles. The Morgan fingerprint density at radius 2 is 1.91 bits per heavy atom. The number of alkyl halides is 1. The molecule has 1 aromatic carbocycles. The summed E-state index contributed by atoms with van der Waals surface area (Å²) in [5.74, 6) is -3.01. The van der Waals surface area contributed by atoms with Crippen LogP contribution in [0.1, 0.15) is 38.6 Å². The number of hydrogen-bond donors (Lipinski definition) is 1. The first-order valence-electron chi connectivity index (χ1n) is 9.92. The van der Waals surface area contributed by atoms with Crippen LogP contribution in [-0.2, 0) is 28.8 Å². The zero-order valence-electron chi connectivity index (χ0n) is 18.1. The number of rotatable bonds is 4. The van der Waals surface area contributed by atoms with E-state index in [0.29, 0.717) is 10.6 Å². The molecular formula is C21H25ClN2O7S. The van der Waals surface area contributed by atoms with Gasteiger partial charge in [0.15, 0.2) is 11.6 Å². The Balaban J connectivity index is 1.77. The van der Waals surface area contributed by atoms with E-state index < -0.39 is 51.7 Å². The Morgan fingerprint density at radius 3 is 2.47 bits per heavy atom. The second-order valence-corrected chi connectivity index (χ2v) is 10.2. The number of esters is 1. The lowest BCUT2D eigenvalue weighted by atomic mass is 9.98. The summed E-state index contributed by atoms with van der Waals surface area (Å²) in [6.45, 7) is 5.85. The lowest BCUT2D eigenvalue weighted by Gasteiger charge is -2.54. The Labute approximate surface area is 194 Å². The molecule has 2 amide bonds. The van der Waals surface area contributed by atoms with Gasteiger partial charge in [-0.1, -0.05) is 30.3 Å². The largest absolute Gasteiger partial charge is 0.458 e. The predicted octanol–water partition coefficient (Wildman–Crippen LogP) is 1.63. The van der Waals surface area contributed by atoms with Crippen molar-refractivity contribution < 1.29 is 33.9 Å². The Bertz CT molecular complexity index is 922. The number of hydrogen-bond acceptors (Lipinski definition) is 8. The first-order chi connectivity index (χ1) is 14.8. The maximum absolute atomic E-state index is 13.0. The normalized spacial score (nSPS) is 25.8. The number of halogens is 1. The van der Waals surface area contributed by atoms with Crippen molar-refractivity contribution >= 4 is 47.1 Å². The molecule has 3 unspecified atom stereocenters. The van der Waals surface area contributed by atoms with Gasteiger partial charge in [-0.3, -0.25) is 14.4 Å². The van der Waals surface area contributed by atoms with Crippen molar-refractivity contribution in [3.63, 3.8) is 0 Å². The molecule has 4 atom stereocenters. The molecule has 11 heteroatoms. The number of amides is 2. The maximum atomic E-state index is 13.0. The summed E-state index contributed by atoms with van der Waals surface area (Å²) in [6.07, 6.45) is 0. The van der Waals surface area contributed by atoms with E-state index in [1.807, 2.05) is 0 Å². The fourth-order valence-electron chi connectivity index (χ4n) is 3.37. The van der Waals surface area contributed by atoms with Gasteiger partial charge in [0.25, 0.3) is 11.8 Å². The van der Waals surface area contributed by atoms with Crippen LogP contribution in [0.3, 0.4) is 0 Å². The molecule has 1 aromatic rings. The molecule has 0 saturated carbocycles. The summed E-state index contributed by atoms with van der Waals surface area (Å²) in [5.41, 5.74) is -2.21. The van der Waals surface area contributed by atoms with Gasteiger partial charge >= 0.3 is 11.9 Å². The molecule has 0 bridgehead atoms. The summed E-state index contributed by atoms with van der Waals surface area (Å²) in [7, 11) is 0. The molecule has 32 heavy (non-hydrogen) atoms. The van der Waals surface area contributed by atoms with Crippen LogP contribution in [-0.4, -0.2) is 73.7 Å². The molecule has 2 aliphatic rings. The molecule has 9 nitrogen and oxygen atoms in total. The summed E-state index contributed by atoms with van der Waals surface area (Å²) in [4.78, 5) is 56.4. The minimum absolute atomic E-state index is 0.0576. The topological polar surface area (TPSA) is 113 Å². The molecular weight excluding hydrogens is 460 g/mol. The van der Waals surface area contributed by atoms with E-state index in [4.69, 9.17) is 21.2 Å². The number of benzene rings is 1. The van der Waals surface area contributed by atoms with Crippen molar-refractivity contribution in [1.29, 1.82) is 0 Å². The minimum Gasteiger partial charge on any atom is -0.458 e. The van der Waals surface area contributed by atoms with E-state index >= 15 is 0 Å². The number of hydroxylamine groups is 2. The van der Waals surface area contributed by atoms with Gasteiger partial charge in [-0.15, -0.1) is 23.4 Å². The van der Waals surface area contributed by atoms with Crippen LogP contribution in [0.25, 0.3) is 0 Å². The number of carbonyl (C=O) groups excluding carboxylic acids is 4. The Morgan fingerprint density at radius 1 is 1.28 bits per heavy atom. The van der Waals surface area contributed by atoms with Gasteiger partial charge in [-0.25, -0.2) is 4.79 Å². The lowest BCUT2D eigenvalue weighted by Crippen LogP contribution is -2.76. The fraction of sp³-hybridized carbons (Fsp3) is 0.524. The van der Waals surface area contributed by atoms with E-state index in [1.165, 1.54) is 4.90 Å². The van der Waals surface area contributed by atoms with Crippen LogP contribution in [0.2, 0.25) is 0 Å². The highest BCUT2D eigenvalue weighted by Gasteiger charge is 2.61. The third kappa shape index (κ3) is 4.87. The van der Waals surface area contributed by atoms with Gasteiger partial charge in [0.2, 0.25) is 0 Å². The predicted molar refractivity (Wildman–Crippen MR) is 116 cm³/mol. The first-order valence-corrected chi connectivity index (χ1v) is 11.4. The van der Waals surface area contributed by atoms with Gasteiger partial charge in [0, 0.05) is 12.7 Å². The summed E-state index contributed by atoms with van der Waals surface area (Å²) >= 11 is 7.41. The monoisotopic (exact) mass is 484 g/mol. The average Bonchev–Trinajstić information content (AvgIpc) is 2.72. The molecule has 0 spiro atoms. The second-order valence-electron chi connectivity index (χ2n) is 8.67. The van der Waals surface area contributed by atoms with Crippen LogP contribution in [0, 0.1) is 0 Å². The van der Waals surface area contributed by atoms with Gasteiger partial charge in [0.1, 0.15) is 16.4 Å². The number of ether oxygens (including phenoxy) is 1. The maximum Gasteiger partial charge on any atom is 0.341 e. The summed E-state index contributed by atoms with van der Waals surface area (Å²) < 4.78 is 5.28. The molecule has 2 heterocycles. The highest BCUT2D eigenvalue weighted by Crippen LogP contribution is 2.42. The fourth-order valence-corrected chi connectivity index (χ4v) is 5.04. The van der Waals surface area contributed by atoms with Crippen molar-refractivity contribution in [3.8, 4) is 0 Å². The zero-order chi connectivity index (χ0) is 23.8. The van der Waals surface area contributed by atoms with Gasteiger partial charge in [-0.05, 0) is 26.3 Å². The minimum atomic E-state index is -1.88. The van der Waals surface area contributed by atoms with Crippen molar-refractivity contribution in [3.05, 3.63) is 35.9 Å². The average molecular weight is 485 g/mol. The van der Waals surface area contributed by atoms with Gasteiger partial charge in [-0.2, -0.15) is 5.06 Å². The summed E-state index contributed by atoms with van der Waals surface area (Å²) in [6, 6.07) is 7.35. The molecule has 174 valence electrons. The second kappa shape index (κ2) is 8.92. The molecule has 0 aromatic heterocycles. The third-order valence-electron chi connectivity index (χ3n) is 4.82. The third-order valence-corrected chi connectivity index (χ3v) is 6.76. The van der Waals surface area contributed by atoms with Crippen LogP contribution < -0.4 is 0 Å². The van der Waals surface area contributed by atoms with Crippen LogP contribution >= 0.6 is 23.4 Å². The molecule has 0 aliphatic carbocycles. The quantitative estimate of drug-likeness (QED) is 0.297. The number of fused-ring (bicyclic) bond motifs is 1. The number of aliphatic hydroxyl groups is 1. The first kappa shape index (κ1) is 24.3. The molecule has 2 saturated heterocycles. The molecule has 0 radical (unpaired) electrons. The molecule has 2 fully saturated rings. The van der Waals surface area contributed by atoms with Crippen molar-refractivity contribution in [2.75, 3.05) is 12.3 Å². The standard InChI is InChI=1S/C21H25ClN2O7S/c1-12(25)31-24(16(26)14(22)13-8-6-5-7-9-13)15-17(27)23-10-21(29,11-32-18(15)23)19(28)30-20(2,3)4/h5-9,14-15,18,29H,10-11H2,1-4H3/t14?,15?,18-,21?/m1/s1. The lowest BCUT2D eigenvalue weighted by molar-refractivity contribution is -0.222. The van der Waals surface area contributed by atoms with Gasteiger partial charge in [0.05, 0.1) is 6.54 Å². The smallest absolute Gasteiger partial charge is 0.341 e. The van der Waals surface area contributed by atoms with Crippen LogP contribution in [0.5, 0.6) is 0 Å². The van der Waals surface area contributed by atoms with E-state index in [0.717, 1.165) is 18.7 Å². The number of carbonyl (C=O) groups is 4. The van der Waals surface area contributed by atoms with Crippen LogP contribution in [0.15, 0.2) is 30.3 Å². The number of nitrogens with zero attached hydrogens (tertiary/aromatic N) is 2. The van der Waals surface area contributed by atoms with E-state index in [1.54, 1.807) is 51.1 Å². The van der Waals surface area contributed by atoms with Crippen molar-refractivity contribution in [2.24, 2.45) is 0 Å². The number of β-lactam (4-membered cyclic amide) rings is 1. The van der Waals surface area contributed by atoms with Crippen LogP contribution in [0.4, 0.5) is 0 Å². The van der Waals surface area contributed by atoms with Gasteiger partial charge < -0.3 is 19.6 Å². The van der Waals surface area contributed by atoms with E-state index in [-0.39, 0.29) is 12.3 Å². The number of thioether (sulfide) groups is 1. The summed E-state index contributed by atoms with van der Waals surface area (Å²) in [5, 5.41) is 9.70. The molecule has 1 N–H and O–H groups in total. The van der Waals surface area contributed by atoms with Crippen molar-refractivity contribution in [1.82, 2.24) is 9.96 Å². The SMILES string of the molecule is CC(=O)ON(C(=O)C(Cl)c1ccccc1)C1C(=O)N2CC(O)(C(=O)OC(C)(C)C)CS[C@H]12. The highest BCUT2D eigenvalue weighted by molar-refractivity contribution is 8.00. The molecule has 3 rings (SSSR count). The highest BCUT2D eigenvalue weighted by atomic mass is 35.5. The Kier molecular flexibility index (Phi) is 6.78. The Hall–Kier alpha value is -2.30. The zero-order valence-corrected chi connectivity index (χ0v) is 19.7. The van der Waals surface area contributed by atoms with E-state index in [2.05, 4.69) is 0 Å². The van der Waals surface area contributed by atoms with Crippen molar-refractivity contribution in [2.45, 2.75) is 55.7 Å².